The normalized spacial score (nSPS) is 14.5. The highest BCUT2D eigenvalue weighted by Gasteiger charge is 2.30. The highest BCUT2D eigenvalue weighted by molar-refractivity contribution is 7.89. The van der Waals surface area contributed by atoms with E-state index in [2.05, 4.69) is 15.2 Å². The molecule has 1 unspecified atom stereocenters. The maximum atomic E-state index is 12.3. The molecule has 2 atom stereocenters. The lowest BCUT2D eigenvalue weighted by atomic mass is 10.0. The Kier molecular flexibility index (Phi) is 5.89. The van der Waals surface area contributed by atoms with Gasteiger partial charge in [0.2, 0.25) is 15.9 Å². The van der Waals surface area contributed by atoms with Crippen LogP contribution in [0.4, 0.5) is 0 Å². The third-order valence-corrected chi connectivity index (χ3v) is 4.98. The molecule has 23 heavy (non-hydrogen) atoms. The fourth-order valence-corrected chi connectivity index (χ4v) is 3.53. The molecule has 0 aliphatic rings. The second-order valence-electron chi connectivity index (χ2n) is 5.56. The van der Waals surface area contributed by atoms with Crippen LogP contribution in [0, 0.1) is 19.8 Å². The van der Waals surface area contributed by atoms with E-state index in [9.17, 15) is 18.0 Å². The number of sulfonamides is 1. The van der Waals surface area contributed by atoms with Gasteiger partial charge in [-0.25, -0.2) is 13.2 Å². The predicted octanol–water partition coefficient (Wildman–Crippen LogP) is 0.184. The number of aryl methyl sites for hydroxylation is 2. The van der Waals surface area contributed by atoms with Crippen molar-refractivity contribution in [3.8, 4) is 0 Å². The summed E-state index contributed by atoms with van der Waals surface area (Å²) in [7, 11) is -4.01. The molecule has 0 spiro atoms. The first-order valence-electron chi connectivity index (χ1n) is 6.95. The molecule has 1 amide bonds. The molecular formula is C13H21N3O6S. The second-order valence-corrected chi connectivity index (χ2v) is 7.22. The van der Waals surface area contributed by atoms with Crippen LogP contribution in [0.15, 0.2) is 9.42 Å². The number of hydrogen-bond donors (Lipinski definition) is 3. The van der Waals surface area contributed by atoms with Crippen molar-refractivity contribution in [1.29, 1.82) is 0 Å². The molecule has 1 aromatic heterocycles. The van der Waals surface area contributed by atoms with Crippen molar-refractivity contribution >= 4 is 21.9 Å². The molecule has 130 valence electrons. The van der Waals surface area contributed by atoms with Gasteiger partial charge in [0.1, 0.15) is 16.6 Å². The highest BCUT2D eigenvalue weighted by Crippen LogP contribution is 2.18. The topological polar surface area (TPSA) is 139 Å². The largest absolute Gasteiger partial charge is 0.480 e. The number of carbonyl (C=O) groups excluding carboxylic acids is 1. The molecule has 10 heteroatoms. The first kappa shape index (κ1) is 19.1. The molecule has 0 fully saturated rings. The van der Waals surface area contributed by atoms with E-state index in [1.807, 2.05) is 0 Å². The number of aliphatic carboxylic acids is 1. The van der Waals surface area contributed by atoms with Gasteiger partial charge in [0, 0.05) is 0 Å². The third-order valence-electron chi connectivity index (χ3n) is 3.19. The average molecular weight is 347 g/mol. The smallest absolute Gasteiger partial charge is 0.326 e. The Morgan fingerprint density at radius 1 is 1.22 bits per heavy atom. The van der Waals surface area contributed by atoms with Gasteiger partial charge < -0.3 is 14.9 Å². The Balaban J connectivity index is 2.88. The number of carbonyl (C=O) groups is 2. The Bertz CT molecular complexity index is 675. The van der Waals surface area contributed by atoms with Gasteiger partial charge in [-0.1, -0.05) is 19.0 Å². The molecule has 0 aliphatic carbocycles. The summed E-state index contributed by atoms with van der Waals surface area (Å²) < 4.78 is 31.6. The molecule has 3 N–H and O–H groups in total. The van der Waals surface area contributed by atoms with Gasteiger partial charge in [0.05, 0.1) is 6.04 Å². The van der Waals surface area contributed by atoms with Gasteiger partial charge >= 0.3 is 5.97 Å². The van der Waals surface area contributed by atoms with Gasteiger partial charge in [-0.3, -0.25) is 4.79 Å². The number of nitrogens with zero attached hydrogens (tertiary/aromatic N) is 1. The number of aromatic nitrogens is 1. The minimum absolute atomic E-state index is 0.105. The van der Waals surface area contributed by atoms with Crippen molar-refractivity contribution in [2.24, 2.45) is 5.92 Å². The van der Waals surface area contributed by atoms with Crippen LogP contribution in [0.5, 0.6) is 0 Å². The number of carboxylic acids is 1. The SMILES string of the molecule is Cc1noc(C)c1S(=O)(=O)NC(C)C(=O)N[C@H](C(=O)O)C(C)C. The van der Waals surface area contributed by atoms with Crippen LogP contribution in [0.25, 0.3) is 0 Å². The summed E-state index contributed by atoms with van der Waals surface area (Å²) in [6, 6.07) is -2.26. The number of carboxylic acid groups (broad SMARTS) is 1. The van der Waals surface area contributed by atoms with Crippen LogP contribution >= 0.6 is 0 Å². The van der Waals surface area contributed by atoms with E-state index < -0.39 is 34.0 Å². The predicted molar refractivity (Wildman–Crippen MR) is 80.2 cm³/mol. The zero-order valence-electron chi connectivity index (χ0n) is 13.6. The molecule has 0 bridgehead atoms. The zero-order valence-corrected chi connectivity index (χ0v) is 14.4. The molecule has 1 aromatic rings. The van der Waals surface area contributed by atoms with E-state index in [1.54, 1.807) is 13.8 Å². The van der Waals surface area contributed by atoms with Crippen LogP contribution in [0.2, 0.25) is 0 Å². The van der Waals surface area contributed by atoms with Crippen molar-refractivity contribution in [2.75, 3.05) is 0 Å². The van der Waals surface area contributed by atoms with E-state index in [-0.39, 0.29) is 22.3 Å². The van der Waals surface area contributed by atoms with E-state index >= 15 is 0 Å². The minimum Gasteiger partial charge on any atom is -0.480 e. The summed E-state index contributed by atoms with van der Waals surface area (Å²) in [5.74, 6) is -2.16. The second kappa shape index (κ2) is 7.09. The molecular weight excluding hydrogens is 326 g/mol. The minimum atomic E-state index is -4.01. The molecule has 1 rings (SSSR count). The van der Waals surface area contributed by atoms with Crippen molar-refractivity contribution in [2.45, 2.75) is 51.6 Å². The summed E-state index contributed by atoms with van der Waals surface area (Å²) in [4.78, 5) is 23.0. The average Bonchev–Trinajstić information content (AvgIpc) is 2.74. The first-order valence-corrected chi connectivity index (χ1v) is 8.44. The summed E-state index contributed by atoms with van der Waals surface area (Å²) in [6.07, 6.45) is 0. The molecule has 9 nitrogen and oxygen atoms in total. The summed E-state index contributed by atoms with van der Waals surface area (Å²) >= 11 is 0. The van der Waals surface area contributed by atoms with E-state index in [4.69, 9.17) is 9.63 Å². The lowest BCUT2D eigenvalue weighted by molar-refractivity contribution is -0.143. The molecule has 0 aliphatic heterocycles. The number of nitrogens with one attached hydrogen (secondary N) is 2. The quantitative estimate of drug-likeness (QED) is 0.639. The van der Waals surface area contributed by atoms with Crippen LogP contribution in [-0.2, 0) is 19.6 Å². The Morgan fingerprint density at radius 3 is 2.17 bits per heavy atom. The van der Waals surface area contributed by atoms with Crippen LogP contribution < -0.4 is 10.0 Å². The van der Waals surface area contributed by atoms with Gasteiger partial charge in [-0.05, 0) is 26.7 Å². The molecule has 0 saturated carbocycles. The summed E-state index contributed by atoms with van der Waals surface area (Å²) in [5, 5.41) is 14.9. The number of amides is 1. The molecule has 1 heterocycles. The summed E-state index contributed by atoms with van der Waals surface area (Å²) in [5.41, 5.74) is 0.174. The molecule has 0 aromatic carbocycles. The van der Waals surface area contributed by atoms with Crippen LogP contribution in [-0.4, -0.2) is 42.6 Å². The third kappa shape index (κ3) is 4.52. The van der Waals surface area contributed by atoms with E-state index in [1.165, 1.54) is 20.8 Å². The fourth-order valence-electron chi connectivity index (χ4n) is 2.00. The lowest BCUT2D eigenvalue weighted by Crippen LogP contribution is -2.52. The summed E-state index contributed by atoms with van der Waals surface area (Å²) in [6.45, 7) is 7.51. The maximum Gasteiger partial charge on any atom is 0.326 e. The Labute approximate surface area is 134 Å². The number of hydrogen-bond acceptors (Lipinski definition) is 6. The molecule has 0 radical (unpaired) electrons. The van der Waals surface area contributed by atoms with Gasteiger partial charge in [-0.2, -0.15) is 4.72 Å². The van der Waals surface area contributed by atoms with Crippen LogP contribution in [0.3, 0.4) is 0 Å². The van der Waals surface area contributed by atoms with Crippen molar-refractivity contribution < 1.29 is 27.6 Å². The van der Waals surface area contributed by atoms with Gasteiger partial charge in [-0.15, -0.1) is 0 Å². The highest BCUT2D eigenvalue weighted by atomic mass is 32.2. The van der Waals surface area contributed by atoms with Crippen molar-refractivity contribution in [3.05, 3.63) is 11.5 Å². The monoisotopic (exact) mass is 347 g/mol. The van der Waals surface area contributed by atoms with Gasteiger partial charge in [0.25, 0.3) is 0 Å². The number of rotatable bonds is 7. The molecule has 0 saturated heterocycles. The standard InChI is InChI=1S/C13H21N3O6S/c1-6(2)10(13(18)19)14-12(17)8(4)16-23(20,21)11-7(3)15-22-9(11)5/h6,8,10,16H,1-5H3,(H,14,17)(H,18,19)/t8?,10-/m0/s1. The van der Waals surface area contributed by atoms with Crippen molar-refractivity contribution in [3.63, 3.8) is 0 Å². The van der Waals surface area contributed by atoms with Crippen molar-refractivity contribution in [1.82, 2.24) is 15.2 Å². The van der Waals surface area contributed by atoms with Crippen LogP contribution in [0.1, 0.15) is 32.2 Å². The van der Waals surface area contributed by atoms with E-state index in [0.717, 1.165) is 0 Å². The first-order chi connectivity index (χ1) is 10.5. The van der Waals surface area contributed by atoms with Gasteiger partial charge in [0.15, 0.2) is 5.76 Å². The zero-order chi connectivity index (χ0) is 17.9. The Morgan fingerprint density at radius 2 is 1.78 bits per heavy atom. The maximum absolute atomic E-state index is 12.3. The van der Waals surface area contributed by atoms with E-state index in [0.29, 0.717) is 0 Å². The Hall–Kier alpha value is -1.94. The lowest BCUT2D eigenvalue weighted by Gasteiger charge is -2.21. The fraction of sp³-hybridized carbons (Fsp3) is 0.615.